The predicted octanol–water partition coefficient (Wildman–Crippen LogP) is 2.04. The zero-order valence-electron chi connectivity index (χ0n) is 10.8. The Morgan fingerprint density at radius 2 is 2.28 bits per heavy atom. The maximum Gasteiger partial charge on any atom is 0.122 e. The highest BCUT2D eigenvalue weighted by Gasteiger charge is 2.22. The Kier molecular flexibility index (Phi) is 4.78. The number of ether oxygens (including phenoxy) is 1. The molecule has 100 valence electrons. The number of fused-ring (bicyclic) bond motifs is 1. The molecule has 0 aromatic heterocycles. The molecule has 4 heteroatoms. The lowest BCUT2D eigenvalue weighted by atomic mass is 9.95. The molecule has 1 aromatic carbocycles. The van der Waals surface area contributed by atoms with Gasteiger partial charge in [0.25, 0.3) is 0 Å². The smallest absolute Gasteiger partial charge is 0.122 e. The monoisotopic (exact) mass is 267 g/mol. The van der Waals surface area contributed by atoms with E-state index in [-0.39, 0.29) is 6.04 Å². The van der Waals surface area contributed by atoms with E-state index in [1.807, 2.05) is 25.1 Å². The minimum absolute atomic E-state index is 0.135. The molecule has 1 aliphatic rings. The van der Waals surface area contributed by atoms with Crippen molar-refractivity contribution in [3.63, 3.8) is 0 Å². The molecule has 1 heterocycles. The summed E-state index contributed by atoms with van der Waals surface area (Å²) in [6.07, 6.45) is 1.79. The minimum Gasteiger partial charge on any atom is -0.493 e. The lowest BCUT2D eigenvalue weighted by Gasteiger charge is -2.25. The molecule has 3 unspecified atom stereocenters. The van der Waals surface area contributed by atoms with Crippen molar-refractivity contribution in [2.75, 3.05) is 18.1 Å². The average Bonchev–Trinajstić information content (AvgIpc) is 2.37. The summed E-state index contributed by atoms with van der Waals surface area (Å²) in [5, 5.41) is 0. The van der Waals surface area contributed by atoms with Crippen molar-refractivity contribution in [3.05, 3.63) is 29.8 Å². The molecule has 0 amide bonds. The molecular weight excluding hydrogens is 246 g/mol. The molecule has 3 nitrogen and oxygen atoms in total. The molecule has 0 aliphatic carbocycles. The van der Waals surface area contributed by atoms with E-state index in [4.69, 9.17) is 10.5 Å². The van der Waals surface area contributed by atoms with Gasteiger partial charge in [0, 0.05) is 34.3 Å². The van der Waals surface area contributed by atoms with Gasteiger partial charge in [-0.3, -0.25) is 4.21 Å². The molecule has 1 aliphatic heterocycles. The van der Waals surface area contributed by atoms with Gasteiger partial charge in [0.2, 0.25) is 0 Å². The van der Waals surface area contributed by atoms with Gasteiger partial charge < -0.3 is 10.5 Å². The van der Waals surface area contributed by atoms with Crippen LogP contribution in [0.3, 0.4) is 0 Å². The molecule has 2 N–H and O–H groups in total. The summed E-state index contributed by atoms with van der Waals surface area (Å²) in [6, 6.07) is 8.21. The SMILES string of the molecule is CC(N)CCS(=O)CC1CCOc2ccccc21. The van der Waals surface area contributed by atoms with E-state index in [1.54, 1.807) is 0 Å². The van der Waals surface area contributed by atoms with E-state index in [1.165, 1.54) is 5.56 Å². The second kappa shape index (κ2) is 6.34. The molecule has 0 bridgehead atoms. The van der Waals surface area contributed by atoms with Crippen molar-refractivity contribution in [1.82, 2.24) is 0 Å². The van der Waals surface area contributed by atoms with Gasteiger partial charge in [-0.1, -0.05) is 18.2 Å². The molecule has 2 rings (SSSR count). The van der Waals surface area contributed by atoms with Gasteiger partial charge in [-0.05, 0) is 31.4 Å². The largest absolute Gasteiger partial charge is 0.493 e. The quantitative estimate of drug-likeness (QED) is 0.888. The van der Waals surface area contributed by atoms with Gasteiger partial charge in [-0.15, -0.1) is 0 Å². The summed E-state index contributed by atoms with van der Waals surface area (Å²) in [7, 11) is -0.781. The van der Waals surface area contributed by atoms with Crippen molar-refractivity contribution in [1.29, 1.82) is 0 Å². The van der Waals surface area contributed by atoms with E-state index >= 15 is 0 Å². The van der Waals surface area contributed by atoms with Gasteiger partial charge in [-0.25, -0.2) is 0 Å². The van der Waals surface area contributed by atoms with Crippen LogP contribution in [0.4, 0.5) is 0 Å². The first-order valence-corrected chi connectivity index (χ1v) is 7.98. The van der Waals surface area contributed by atoms with E-state index in [0.29, 0.717) is 11.7 Å². The Hall–Kier alpha value is -0.870. The molecule has 0 fully saturated rings. The highest BCUT2D eigenvalue weighted by molar-refractivity contribution is 7.85. The van der Waals surface area contributed by atoms with E-state index in [9.17, 15) is 4.21 Å². The van der Waals surface area contributed by atoms with Crippen molar-refractivity contribution in [2.45, 2.75) is 31.7 Å². The summed E-state index contributed by atoms with van der Waals surface area (Å²) in [6.45, 7) is 2.69. The molecule has 0 saturated carbocycles. The molecule has 1 aromatic rings. The van der Waals surface area contributed by atoms with Crippen molar-refractivity contribution in [2.24, 2.45) is 5.73 Å². The second-order valence-electron chi connectivity index (χ2n) is 4.95. The zero-order valence-corrected chi connectivity index (χ0v) is 11.6. The second-order valence-corrected chi connectivity index (χ2v) is 6.57. The fraction of sp³-hybridized carbons (Fsp3) is 0.571. The Morgan fingerprint density at radius 1 is 1.50 bits per heavy atom. The zero-order chi connectivity index (χ0) is 13.0. The first-order valence-electron chi connectivity index (χ1n) is 6.49. The van der Waals surface area contributed by atoms with E-state index in [0.717, 1.165) is 31.0 Å². The number of para-hydroxylation sites is 1. The number of rotatable bonds is 5. The summed E-state index contributed by atoms with van der Waals surface area (Å²) in [5.41, 5.74) is 6.90. The van der Waals surface area contributed by atoms with Crippen LogP contribution in [0.25, 0.3) is 0 Å². The number of hydrogen-bond donors (Lipinski definition) is 1. The molecule has 0 saturated heterocycles. The van der Waals surface area contributed by atoms with Crippen LogP contribution in [-0.4, -0.2) is 28.4 Å². The maximum atomic E-state index is 12.0. The number of nitrogens with two attached hydrogens (primary N) is 1. The third-order valence-corrected chi connectivity index (χ3v) is 4.74. The summed E-state index contributed by atoms with van der Waals surface area (Å²) in [5.74, 6) is 2.76. The Bertz CT molecular complexity index is 420. The van der Waals surface area contributed by atoms with Crippen LogP contribution in [0.1, 0.15) is 31.2 Å². The highest BCUT2D eigenvalue weighted by Crippen LogP contribution is 2.33. The fourth-order valence-corrected chi connectivity index (χ4v) is 3.81. The van der Waals surface area contributed by atoms with Crippen LogP contribution in [0.15, 0.2) is 24.3 Å². The molecule has 0 radical (unpaired) electrons. The highest BCUT2D eigenvalue weighted by atomic mass is 32.2. The van der Waals surface area contributed by atoms with Crippen molar-refractivity contribution >= 4 is 10.8 Å². The Labute approximate surface area is 111 Å². The van der Waals surface area contributed by atoms with Gasteiger partial charge in [0.1, 0.15) is 5.75 Å². The van der Waals surface area contributed by atoms with Crippen LogP contribution < -0.4 is 10.5 Å². The average molecular weight is 267 g/mol. The summed E-state index contributed by atoms with van der Waals surface area (Å²) >= 11 is 0. The lowest BCUT2D eigenvalue weighted by molar-refractivity contribution is 0.273. The molecule has 3 atom stereocenters. The van der Waals surface area contributed by atoms with Crippen LogP contribution in [-0.2, 0) is 10.8 Å². The van der Waals surface area contributed by atoms with Crippen LogP contribution in [0, 0.1) is 0 Å². The van der Waals surface area contributed by atoms with Gasteiger partial charge >= 0.3 is 0 Å². The van der Waals surface area contributed by atoms with Gasteiger partial charge in [0.05, 0.1) is 6.61 Å². The van der Waals surface area contributed by atoms with E-state index < -0.39 is 10.8 Å². The summed E-state index contributed by atoms with van der Waals surface area (Å²) < 4.78 is 17.7. The Morgan fingerprint density at radius 3 is 3.06 bits per heavy atom. The van der Waals surface area contributed by atoms with Gasteiger partial charge in [0.15, 0.2) is 0 Å². The van der Waals surface area contributed by atoms with Crippen molar-refractivity contribution in [3.8, 4) is 5.75 Å². The van der Waals surface area contributed by atoms with Crippen molar-refractivity contribution < 1.29 is 8.95 Å². The number of hydrogen-bond acceptors (Lipinski definition) is 3. The third-order valence-electron chi connectivity index (χ3n) is 3.27. The summed E-state index contributed by atoms with van der Waals surface area (Å²) in [4.78, 5) is 0. The Balaban J connectivity index is 1.96. The number of benzene rings is 1. The molecule has 0 spiro atoms. The maximum absolute atomic E-state index is 12.0. The normalized spacial score (nSPS) is 21.8. The first kappa shape index (κ1) is 13.6. The molecular formula is C14H21NO2S. The first-order chi connectivity index (χ1) is 8.66. The van der Waals surface area contributed by atoms with Crippen LogP contribution in [0.5, 0.6) is 5.75 Å². The van der Waals surface area contributed by atoms with Crippen LogP contribution in [0.2, 0.25) is 0 Å². The van der Waals surface area contributed by atoms with E-state index in [2.05, 4.69) is 6.07 Å². The topological polar surface area (TPSA) is 52.3 Å². The fourth-order valence-electron chi connectivity index (χ4n) is 2.21. The standard InChI is InChI=1S/C14H21NO2S/c1-11(15)7-9-18(16)10-12-6-8-17-14-5-3-2-4-13(12)14/h2-5,11-12H,6-10,15H2,1H3. The predicted molar refractivity (Wildman–Crippen MR) is 75.4 cm³/mol. The lowest BCUT2D eigenvalue weighted by Crippen LogP contribution is -2.22. The third kappa shape index (κ3) is 3.56. The van der Waals surface area contributed by atoms with Crippen LogP contribution >= 0.6 is 0 Å². The molecule has 18 heavy (non-hydrogen) atoms. The van der Waals surface area contributed by atoms with Gasteiger partial charge in [-0.2, -0.15) is 0 Å². The minimum atomic E-state index is -0.781.